The third-order valence-electron chi connectivity index (χ3n) is 5.66. The van der Waals surface area contributed by atoms with Crippen LogP contribution in [0.2, 0.25) is 0 Å². The topological polar surface area (TPSA) is 69.7 Å². The van der Waals surface area contributed by atoms with Gasteiger partial charge in [0.15, 0.2) is 0 Å². The Hall–Kier alpha value is -1.51. The van der Waals surface area contributed by atoms with Gasteiger partial charge in [-0.2, -0.15) is 4.31 Å². The van der Waals surface area contributed by atoms with E-state index in [9.17, 15) is 17.6 Å². The van der Waals surface area contributed by atoms with Crippen molar-refractivity contribution in [1.29, 1.82) is 0 Å². The van der Waals surface area contributed by atoms with E-state index in [2.05, 4.69) is 17.1 Å². The predicted octanol–water partition coefficient (Wildman–Crippen LogP) is 1.83. The number of piperidine rings is 2. The second-order valence-electron chi connectivity index (χ2n) is 7.35. The minimum atomic E-state index is -3.63. The quantitative estimate of drug-likeness (QED) is 0.823. The monoisotopic (exact) mass is 397 g/mol. The van der Waals surface area contributed by atoms with E-state index in [4.69, 9.17) is 0 Å². The zero-order valence-electron chi connectivity index (χ0n) is 15.7. The summed E-state index contributed by atoms with van der Waals surface area (Å²) in [5.41, 5.74) is 0. The van der Waals surface area contributed by atoms with Gasteiger partial charge in [-0.15, -0.1) is 0 Å². The molecule has 6 nitrogen and oxygen atoms in total. The molecule has 3 rings (SSSR count). The molecule has 8 heteroatoms. The summed E-state index contributed by atoms with van der Waals surface area (Å²) < 4.78 is 39.7. The fraction of sp³-hybridized carbons (Fsp3) is 0.632. The fourth-order valence-electron chi connectivity index (χ4n) is 3.83. The van der Waals surface area contributed by atoms with Crippen LogP contribution in [-0.2, 0) is 14.8 Å². The smallest absolute Gasteiger partial charge is 0.243 e. The summed E-state index contributed by atoms with van der Waals surface area (Å²) in [5.74, 6) is -0.563. The highest BCUT2D eigenvalue weighted by Crippen LogP contribution is 2.24. The van der Waals surface area contributed by atoms with Crippen molar-refractivity contribution in [3.05, 3.63) is 30.1 Å². The van der Waals surface area contributed by atoms with Gasteiger partial charge in [0, 0.05) is 38.1 Å². The van der Waals surface area contributed by atoms with E-state index in [0.29, 0.717) is 25.9 Å². The van der Waals surface area contributed by atoms with Crippen molar-refractivity contribution in [2.75, 3.05) is 32.7 Å². The third-order valence-corrected chi connectivity index (χ3v) is 7.57. The van der Waals surface area contributed by atoms with E-state index in [1.807, 2.05) is 0 Å². The number of carbonyl (C=O) groups excluding carboxylic acids is 1. The van der Waals surface area contributed by atoms with Gasteiger partial charge in [0.1, 0.15) is 5.82 Å². The van der Waals surface area contributed by atoms with Crippen LogP contribution in [0.4, 0.5) is 4.39 Å². The lowest BCUT2D eigenvalue weighted by molar-refractivity contribution is -0.127. The molecule has 0 aliphatic carbocycles. The molecular weight excluding hydrogens is 369 g/mol. The van der Waals surface area contributed by atoms with Gasteiger partial charge in [-0.05, 0) is 56.5 Å². The first-order valence-corrected chi connectivity index (χ1v) is 11.1. The summed E-state index contributed by atoms with van der Waals surface area (Å²) in [6.07, 6.45) is 2.97. The van der Waals surface area contributed by atoms with Crippen LogP contribution in [0.1, 0.15) is 32.6 Å². The molecule has 0 bridgehead atoms. The first kappa shape index (κ1) is 20.2. The minimum absolute atomic E-state index is 0.0452. The number of carbonyl (C=O) groups is 1. The molecule has 1 aromatic carbocycles. The second kappa shape index (κ2) is 8.67. The number of halogens is 1. The molecule has 1 aromatic rings. The zero-order valence-corrected chi connectivity index (χ0v) is 16.5. The first-order chi connectivity index (χ1) is 12.9. The number of hydrogen-bond donors (Lipinski definition) is 1. The molecule has 2 aliphatic rings. The number of nitrogens with one attached hydrogen (secondary N) is 1. The lowest BCUT2D eigenvalue weighted by Gasteiger charge is -2.34. The first-order valence-electron chi connectivity index (χ1n) is 9.68. The summed E-state index contributed by atoms with van der Waals surface area (Å²) in [7, 11) is -3.63. The van der Waals surface area contributed by atoms with E-state index < -0.39 is 15.8 Å². The molecular formula is C19H28FN3O3S. The molecule has 0 spiro atoms. The average Bonchev–Trinajstić information content (AvgIpc) is 2.69. The molecule has 0 radical (unpaired) electrons. The molecule has 2 saturated heterocycles. The van der Waals surface area contributed by atoms with Crippen LogP contribution in [0, 0.1) is 11.7 Å². The van der Waals surface area contributed by atoms with Crippen LogP contribution in [0.5, 0.6) is 0 Å². The maximum atomic E-state index is 13.0. The van der Waals surface area contributed by atoms with Gasteiger partial charge in [-0.1, -0.05) is 6.92 Å². The average molecular weight is 398 g/mol. The number of likely N-dealkylation sites (tertiary alicyclic amines) is 1. The summed E-state index contributed by atoms with van der Waals surface area (Å²) in [6, 6.07) is 5.09. The number of hydrogen-bond acceptors (Lipinski definition) is 4. The van der Waals surface area contributed by atoms with E-state index >= 15 is 0 Å². The Bertz CT molecular complexity index is 738. The Kier molecular flexibility index (Phi) is 6.49. The highest BCUT2D eigenvalue weighted by atomic mass is 32.2. The Balaban J connectivity index is 1.51. The Labute approximate surface area is 160 Å². The molecule has 1 N–H and O–H groups in total. The van der Waals surface area contributed by atoms with Crippen molar-refractivity contribution in [2.45, 2.75) is 43.5 Å². The molecule has 0 aromatic heterocycles. The molecule has 0 saturated carbocycles. The third kappa shape index (κ3) is 4.86. The number of sulfonamides is 1. The highest BCUT2D eigenvalue weighted by Gasteiger charge is 2.33. The number of nitrogens with zero attached hydrogens (tertiary/aromatic N) is 2. The van der Waals surface area contributed by atoms with Crippen molar-refractivity contribution in [1.82, 2.24) is 14.5 Å². The zero-order chi connectivity index (χ0) is 19.4. The SMILES string of the molecule is CCN1CCC(NC(=O)C2CCN(S(=O)(=O)c3ccc(F)cc3)CC2)CC1. The number of amides is 1. The highest BCUT2D eigenvalue weighted by molar-refractivity contribution is 7.89. The van der Waals surface area contributed by atoms with Crippen LogP contribution in [0.3, 0.4) is 0 Å². The normalized spacial score (nSPS) is 21.3. The van der Waals surface area contributed by atoms with Crippen molar-refractivity contribution >= 4 is 15.9 Å². The lowest BCUT2D eigenvalue weighted by atomic mass is 9.96. The summed E-state index contributed by atoms with van der Waals surface area (Å²) >= 11 is 0. The van der Waals surface area contributed by atoms with Crippen molar-refractivity contribution in [3.63, 3.8) is 0 Å². The maximum Gasteiger partial charge on any atom is 0.243 e. The second-order valence-corrected chi connectivity index (χ2v) is 9.29. The maximum absolute atomic E-state index is 13.0. The number of rotatable bonds is 5. The molecule has 0 unspecified atom stereocenters. The largest absolute Gasteiger partial charge is 0.353 e. The summed E-state index contributed by atoms with van der Waals surface area (Å²) in [5, 5.41) is 3.15. The number of benzene rings is 1. The van der Waals surface area contributed by atoms with Crippen LogP contribution >= 0.6 is 0 Å². The molecule has 2 fully saturated rings. The van der Waals surface area contributed by atoms with E-state index in [0.717, 1.165) is 44.6 Å². The summed E-state index contributed by atoms with van der Waals surface area (Å²) in [4.78, 5) is 15.0. The van der Waals surface area contributed by atoms with Gasteiger partial charge in [0.05, 0.1) is 4.90 Å². The molecule has 2 aliphatic heterocycles. The van der Waals surface area contributed by atoms with Crippen LogP contribution in [0.25, 0.3) is 0 Å². The van der Waals surface area contributed by atoms with Crippen molar-refractivity contribution in [2.24, 2.45) is 5.92 Å². The van der Waals surface area contributed by atoms with Crippen LogP contribution in [0.15, 0.2) is 29.2 Å². The van der Waals surface area contributed by atoms with Gasteiger partial charge in [-0.3, -0.25) is 4.79 Å². The summed E-state index contributed by atoms with van der Waals surface area (Å²) in [6.45, 7) is 5.83. The van der Waals surface area contributed by atoms with Crippen molar-refractivity contribution < 1.29 is 17.6 Å². The van der Waals surface area contributed by atoms with Gasteiger partial charge in [0.2, 0.25) is 15.9 Å². The molecule has 150 valence electrons. The molecule has 0 atom stereocenters. The van der Waals surface area contributed by atoms with Crippen molar-refractivity contribution in [3.8, 4) is 0 Å². The lowest BCUT2D eigenvalue weighted by Crippen LogP contribution is -2.48. The van der Waals surface area contributed by atoms with Crippen LogP contribution < -0.4 is 5.32 Å². The fourth-order valence-corrected chi connectivity index (χ4v) is 5.30. The van der Waals surface area contributed by atoms with Crippen LogP contribution in [-0.4, -0.2) is 62.3 Å². The van der Waals surface area contributed by atoms with E-state index in [-0.39, 0.29) is 22.8 Å². The predicted molar refractivity (Wildman–Crippen MR) is 101 cm³/mol. The standard InChI is InChI=1S/C19H28FN3O3S/c1-2-22-11-9-17(10-12-22)21-19(24)15-7-13-23(14-8-15)27(25,26)18-5-3-16(20)4-6-18/h3-6,15,17H,2,7-14H2,1H3,(H,21,24). The van der Waals surface area contributed by atoms with Gasteiger partial charge in [0.25, 0.3) is 0 Å². The van der Waals surface area contributed by atoms with E-state index in [1.54, 1.807) is 0 Å². The molecule has 1 amide bonds. The Morgan fingerprint density at radius 3 is 2.22 bits per heavy atom. The van der Waals surface area contributed by atoms with Gasteiger partial charge in [-0.25, -0.2) is 12.8 Å². The van der Waals surface area contributed by atoms with Gasteiger partial charge < -0.3 is 10.2 Å². The van der Waals surface area contributed by atoms with Gasteiger partial charge >= 0.3 is 0 Å². The molecule has 2 heterocycles. The Morgan fingerprint density at radius 1 is 1.07 bits per heavy atom. The Morgan fingerprint density at radius 2 is 1.67 bits per heavy atom. The molecule has 27 heavy (non-hydrogen) atoms. The minimum Gasteiger partial charge on any atom is -0.353 e. The van der Waals surface area contributed by atoms with E-state index in [1.165, 1.54) is 16.4 Å².